The molecule has 0 atom stereocenters. The van der Waals surface area contributed by atoms with Gasteiger partial charge in [-0.1, -0.05) is 54.4 Å². The number of anilines is 3. The number of hydrogen-bond donors (Lipinski definition) is 0. The topological polar surface area (TPSA) is 21.7 Å². The van der Waals surface area contributed by atoms with Crippen LogP contribution in [0.4, 0.5) is 17.1 Å². The summed E-state index contributed by atoms with van der Waals surface area (Å²) >= 11 is 10.5. The van der Waals surface area contributed by atoms with Crippen LogP contribution in [0.5, 0.6) is 11.5 Å². The van der Waals surface area contributed by atoms with Crippen LogP contribution in [0, 0.1) is 6.92 Å². The van der Waals surface area contributed by atoms with Gasteiger partial charge in [-0.2, -0.15) is 0 Å². The van der Waals surface area contributed by atoms with Crippen LogP contribution in [0.1, 0.15) is 31.9 Å². The van der Waals surface area contributed by atoms with Crippen molar-refractivity contribution in [1.29, 1.82) is 0 Å². The lowest BCUT2D eigenvalue weighted by Crippen LogP contribution is -2.17. The fraction of sp³-hybridized carbons (Fsp3) is 0.280. The Hall–Kier alpha value is -2.17. The maximum atomic E-state index is 6.84. The van der Waals surface area contributed by atoms with Crippen LogP contribution < -0.4 is 14.4 Å². The Balaban J connectivity index is 1.89. The largest absolute Gasteiger partial charge is 0.486 e. The van der Waals surface area contributed by atoms with E-state index in [-0.39, 0.29) is 5.41 Å². The molecule has 1 heterocycles. The molecular formula is C25H25BrClNO2. The third-order valence-corrected chi connectivity index (χ3v) is 5.88. The first-order chi connectivity index (χ1) is 14.2. The molecule has 30 heavy (non-hydrogen) atoms. The molecule has 4 rings (SSSR count). The summed E-state index contributed by atoms with van der Waals surface area (Å²) in [4.78, 5) is 2.16. The summed E-state index contributed by atoms with van der Waals surface area (Å²) in [6.07, 6.45) is 0. The highest BCUT2D eigenvalue weighted by atomic mass is 79.9. The normalized spacial score (nSPS) is 13.3. The molecule has 0 aliphatic carbocycles. The molecule has 0 aromatic heterocycles. The summed E-state index contributed by atoms with van der Waals surface area (Å²) in [5.74, 6) is 1.52. The molecule has 0 spiro atoms. The summed E-state index contributed by atoms with van der Waals surface area (Å²) in [5, 5.41) is 0.704. The number of halogens is 2. The molecule has 0 saturated carbocycles. The van der Waals surface area contributed by atoms with E-state index in [4.69, 9.17) is 21.1 Å². The van der Waals surface area contributed by atoms with E-state index in [0.29, 0.717) is 18.2 Å². The van der Waals surface area contributed by atoms with Crippen molar-refractivity contribution < 1.29 is 9.47 Å². The zero-order valence-electron chi connectivity index (χ0n) is 17.6. The first-order valence-corrected chi connectivity index (χ1v) is 11.2. The summed E-state index contributed by atoms with van der Waals surface area (Å²) in [6.45, 7) is 9.77. The Morgan fingerprint density at radius 1 is 0.867 bits per heavy atom. The molecule has 3 aromatic carbocycles. The number of rotatable bonds is 3. The SMILES string of the molecule is Cc1cc(Br)cc(N(c2ccc3c(c2)OCCO3)c2ccc(C(C)(C)C)cc2Cl)c1. The van der Waals surface area contributed by atoms with Crippen molar-refractivity contribution in [2.24, 2.45) is 0 Å². The van der Waals surface area contributed by atoms with Crippen LogP contribution in [0.25, 0.3) is 0 Å². The fourth-order valence-electron chi connectivity index (χ4n) is 3.60. The molecule has 156 valence electrons. The van der Waals surface area contributed by atoms with Gasteiger partial charge in [0.1, 0.15) is 13.2 Å². The molecular weight excluding hydrogens is 462 g/mol. The highest BCUT2D eigenvalue weighted by Crippen LogP contribution is 2.44. The van der Waals surface area contributed by atoms with Gasteiger partial charge < -0.3 is 14.4 Å². The van der Waals surface area contributed by atoms with Crippen LogP contribution in [0.3, 0.4) is 0 Å². The van der Waals surface area contributed by atoms with Gasteiger partial charge in [-0.3, -0.25) is 0 Å². The van der Waals surface area contributed by atoms with E-state index in [9.17, 15) is 0 Å². The summed E-state index contributed by atoms with van der Waals surface area (Å²) in [6, 6.07) is 18.7. The fourth-order valence-corrected chi connectivity index (χ4v) is 4.46. The molecule has 3 nitrogen and oxygen atoms in total. The first kappa shape index (κ1) is 21.1. The smallest absolute Gasteiger partial charge is 0.163 e. The Morgan fingerprint density at radius 3 is 2.27 bits per heavy atom. The van der Waals surface area contributed by atoms with Gasteiger partial charge >= 0.3 is 0 Å². The van der Waals surface area contributed by atoms with Gasteiger partial charge in [0, 0.05) is 16.2 Å². The van der Waals surface area contributed by atoms with Crippen molar-refractivity contribution in [2.45, 2.75) is 33.1 Å². The number of aryl methyl sites for hydroxylation is 1. The first-order valence-electron chi connectivity index (χ1n) is 9.99. The van der Waals surface area contributed by atoms with Crippen LogP contribution in [-0.4, -0.2) is 13.2 Å². The molecule has 0 amide bonds. The van der Waals surface area contributed by atoms with Crippen molar-refractivity contribution in [3.8, 4) is 11.5 Å². The molecule has 1 aliphatic rings. The number of nitrogens with zero attached hydrogens (tertiary/aromatic N) is 1. The molecule has 0 radical (unpaired) electrons. The van der Waals surface area contributed by atoms with E-state index in [2.05, 4.69) is 84.9 Å². The third kappa shape index (κ3) is 4.30. The van der Waals surface area contributed by atoms with Crippen molar-refractivity contribution in [2.75, 3.05) is 18.1 Å². The zero-order chi connectivity index (χ0) is 21.5. The van der Waals surface area contributed by atoms with E-state index in [1.165, 1.54) is 5.56 Å². The van der Waals surface area contributed by atoms with Crippen LogP contribution in [-0.2, 0) is 5.41 Å². The number of ether oxygens (including phenoxy) is 2. The van der Waals surface area contributed by atoms with Gasteiger partial charge in [0.2, 0.25) is 0 Å². The van der Waals surface area contributed by atoms with Crippen LogP contribution >= 0.6 is 27.5 Å². The second-order valence-electron chi connectivity index (χ2n) is 8.57. The van der Waals surface area contributed by atoms with Crippen LogP contribution in [0.15, 0.2) is 59.1 Å². The standard InChI is InChI=1S/C25H25BrClNO2/c1-16-11-18(26)14-20(12-16)28(19-6-8-23-24(15-19)30-10-9-29-23)22-7-5-17(13-21(22)27)25(2,3)4/h5-8,11-15H,9-10H2,1-4H3. The van der Waals surface area contributed by atoms with Crippen LogP contribution in [0.2, 0.25) is 5.02 Å². The molecule has 1 aliphatic heterocycles. The molecule has 0 N–H and O–H groups in total. The van der Waals surface area contributed by atoms with Gasteiger partial charge in [-0.15, -0.1) is 0 Å². The van der Waals surface area contributed by atoms with E-state index in [0.717, 1.165) is 38.6 Å². The van der Waals surface area contributed by atoms with E-state index >= 15 is 0 Å². The quantitative estimate of drug-likeness (QED) is 0.375. The zero-order valence-corrected chi connectivity index (χ0v) is 20.0. The minimum Gasteiger partial charge on any atom is -0.486 e. The summed E-state index contributed by atoms with van der Waals surface area (Å²) in [7, 11) is 0. The van der Waals surface area contributed by atoms with Gasteiger partial charge in [0.05, 0.1) is 16.4 Å². The summed E-state index contributed by atoms with van der Waals surface area (Å²) in [5.41, 5.74) is 5.27. The van der Waals surface area contributed by atoms with Crippen molar-refractivity contribution in [1.82, 2.24) is 0 Å². The number of benzene rings is 3. The minimum absolute atomic E-state index is 0.0242. The highest BCUT2D eigenvalue weighted by molar-refractivity contribution is 9.10. The second-order valence-corrected chi connectivity index (χ2v) is 9.89. The van der Waals surface area contributed by atoms with E-state index in [1.807, 2.05) is 18.2 Å². The monoisotopic (exact) mass is 485 g/mol. The molecule has 5 heteroatoms. The average Bonchev–Trinajstić information content (AvgIpc) is 2.68. The van der Waals surface area contributed by atoms with Crippen molar-refractivity contribution >= 4 is 44.6 Å². The Kier molecular flexibility index (Phi) is 5.73. The molecule has 0 saturated heterocycles. The average molecular weight is 487 g/mol. The van der Waals surface area contributed by atoms with Crippen molar-refractivity contribution in [3.05, 3.63) is 75.2 Å². The van der Waals surface area contributed by atoms with E-state index < -0.39 is 0 Å². The van der Waals surface area contributed by atoms with Gasteiger partial charge in [0.25, 0.3) is 0 Å². The number of fused-ring (bicyclic) bond motifs is 1. The maximum absolute atomic E-state index is 6.84. The maximum Gasteiger partial charge on any atom is 0.163 e. The minimum atomic E-state index is 0.0242. The molecule has 3 aromatic rings. The Bertz CT molecular complexity index is 1070. The highest BCUT2D eigenvalue weighted by Gasteiger charge is 2.22. The lowest BCUT2D eigenvalue weighted by Gasteiger charge is -2.29. The predicted molar refractivity (Wildman–Crippen MR) is 128 cm³/mol. The van der Waals surface area contributed by atoms with Gasteiger partial charge in [-0.25, -0.2) is 0 Å². The van der Waals surface area contributed by atoms with Gasteiger partial charge in [0.15, 0.2) is 11.5 Å². The Labute approximate surface area is 191 Å². The lowest BCUT2D eigenvalue weighted by molar-refractivity contribution is 0.171. The number of hydrogen-bond acceptors (Lipinski definition) is 3. The van der Waals surface area contributed by atoms with E-state index in [1.54, 1.807) is 0 Å². The molecule has 0 unspecified atom stereocenters. The molecule has 0 bridgehead atoms. The summed E-state index contributed by atoms with van der Waals surface area (Å²) < 4.78 is 12.6. The second kappa shape index (κ2) is 8.16. The third-order valence-electron chi connectivity index (χ3n) is 5.12. The molecule has 0 fully saturated rings. The Morgan fingerprint density at radius 2 is 1.60 bits per heavy atom. The van der Waals surface area contributed by atoms with Gasteiger partial charge in [-0.05, 0) is 65.9 Å². The lowest BCUT2D eigenvalue weighted by atomic mass is 9.87. The predicted octanol–water partition coefficient (Wildman–Crippen LogP) is 7.95. The van der Waals surface area contributed by atoms with Crippen molar-refractivity contribution in [3.63, 3.8) is 0 Å².